The van der Waals surface area contributed by atoms with Crippen molar-refractivity contribution in [1.29, 1.82) is 0 Å². The highest BCUT2D eigenvalue weighted by molar-refractivity contribution is 6.02. The maximum atomic E-state index is 12.4. The highest BCUT2D eigenvalue weighted by Gasteiger charge is 2.14. The number of amides is 1. The van der Waals surface area contributed by atoms with Crippen molar-refractivity contribution in [2.24, 2.45) is 0 Å². The molecule has 2 aromatic heterocycles. The van der Waals surface area contributed by atoms with Crippen molar-refractivity contribution in [3.05, 3.63) is 60.1 Å². The molecule has 1 amide bonds. The number of carbonyl (C=O) groups excluding carboxylic acids is 1. The Morgan fingerprint density at radius 2 is 1.79 bits per heavy atom. The van der Waals surface area contributed by atoms with Crippen molar-refractivity contribution < 1.29 is 9.32 Å². The van der Waals surface area contributed by atoms with Gasteiger partial charge in [0, 0.05) is 55.5 Å². The first-order valence-corrected chi connectivity index (χ1v) is 9.58. The van der Waals surface area contributed by atoms with Crippen LogP contribution in [0.3, 0.4) is 0 Å². The molecule has 0 aliphatic carbocycles. The second-order valence-electron chi connectivity index (χ2n) is 7.17. The number of benzene rings is 1. The van der Waals surface area contributed by atoms with E-state index in [0.29, 0.717) is 17.3 Å². The van der Waals surface area contributed by atoms with Crippen LogP contribution >= 0.6 is 0 Å². The third-order valence-electron chi connectivity index (χ3n) is 4.89. The molecule has 1 fully saturated rings. The molecule has 29 heavy (non-hydrogen) atoms. The maximum Gasteiger partial charge on any atom is 0.275 e. The number of aryl methyl sites for hydroxylation is 1. The van der Waals surface area contributed by atoms with Crippen molar-refractivity contribution in [2.45, 2.75) is 6.92 Å². The van der Waals surface area contributed by atoms with Gasteiger partial charge >= 0.3 is 0 Å². The quantitative estimate of drug-likeness (QED) is 0.690. The molecule has 1 aliphatic heterocycles. The average Bonchev–Trinajstić information content (AvgIpc) is 3.14. The lowest BCUT2D eigenvalue weighted by Gasteiger charge is -2.34. The van der Waals surface area contributed by atoms with Crippen LogP contribution in [0, 0.1) is 6.92 Å². The summed E-state index contributed by atoms with van der Waals surface area (Å²) in [7, 11) is 2.15. The summed E-state index contributed by atoms with van der Waals surface area (Å²) in [6.07, 6.45) is 1.60. The normalized spacial score (nSPS) is 14.6. The molecule has 0 atom stereocenters. The average molecular weight is 392 g/mol. The number of nitrogens with zero attached hydrogens (tertiary/aromatic N) is 4. The number of pyridine rings is 1. The topological polar surface area (TPSA) is 86.5 Å². The number of carbonyl (C=O) groups is 1. The fourth-order valence-electron chi connectivity index (χ4n) is 3.23. The number of anilines is 4. The molecule has 0 saturated carbocycles. The van der Waals surface area contributed by atoms with Gasteiger partial charge in [0.05, 0.1) is 0 Å². The molecule has 1 aliphatic rings. The largest absolute Gasteiger partial charge is 0.369 e. The van der Waals surface area contributed by atoms with Crippen LogP contribution in [0.4, 0.5) is 22.9 Å². The van der Waals surface area contributed by atoms with Gasteiger partial charge in [0.15, 0.2) is 5.82 Å². The molecule has 1 saturated heterocycles. The minimum atomic E-state index is -0.340. The van der Waals surface area contributed by atoms with E-state index in [1.54, 1.807) is 25.3 Å². The molecule has 8 nitrogen and oxygen atoms in total. The molecule has 4 rings (SSSR count). The van der Waals surface area contributed by atoms with E-state index in [2.05, 4.69) is 49.8 Å². The zero-order valence-corrected chi connectivity index (χ0v) is 16.6. The molecule has 3 heterocycles. The van der Waals surface area contributed by atoms with Crippen molar-refractivity contribution in [1.82, 2.24) is 15.0 Å². The van der Waals surface area contributed by atoms with Crippen molar-refractivity contribution >= 4 is 28.8 Å². The Morgan fingerprint density at radius 3 is 2.48 bits per heavy atom. The number of aromatic nitrogens is 2. The second-order valence-corrected chi connectivity index (χ2v) is 7.17. The van der Waals surface area contributed by atoms with E-state index in [9.17, 15) is 4.79 Å². The first-order valence-electron chi connectivity index (χ1n) is 9.58. The third-order valence-corrected chi connectivity index (χ3v) is 4.89. The summed E-state index contributed by atoms with van der Waals surface area (Å²) in [5.41, 5.74) is 3.26. The van der Waals surface area contributed by atoms with Gasteiger partial charge in [-0.15, -0.1) is 0 Å². The lowest BCUT2D eigenvalue weighted by Crippen LogP contribution is -2.44. The van der Waals surface area contributed by atoms with Crippen LogP contribution in [0.1, 0.15) is 16.2 Å². The van der Waals surface area contributed by atoms with E-state index in [0.717, 1.165) is 37.6 Å². The molecule has 2 N–H and O–H groups in total. The third kappa shape index (κ3) is 4.72. The van der Waals surface area contributed by atoms with Crippen LogP contribution in [0.15, 0.2) is 53.2 Å². The fraction of sp³-hybridized carbons (Fsp3) is 0.286. The lowest BCUT2D eigenvalue weighted by molar-refractivity contribution is 0.102. The number of likely N-dealkylation sites (N-methyl/N-ethyl adjacent to an activating group) is 1. The van der Waals surface area contributed by atoms with Gasteiger partial charge in [0.25, 0.3) is 5.91 Å². The summed E-state index contributed by atoms with van der Waals surface area (Å²) in [6, 6.07) is 13.5. The van der Waals surface area contributed by atoms with Gasteiger partial charge in [0.1, 0.15) is 11.5 Å². The minimum Gasteiger partial charge on any atom is -0.369 e. The van der Waals surface area contributed by atoms with Crippen LogP contribution in [0.25, 0.3) is 0 Å². The van der Waals surface area contributed by atoms with E-state index in [1.165, 1.54) is 5.69 Å². The SMILES string of the molecule is Cc1cc(NC(=O)c2cc(Nc3ccc(N4CCN(C)CC4)cc3)ccn2)no1. The van der Waals surface area contributed by atoms with Gasteiger partial charge in [-0.3, -0.25) is 9.78 Å². The molecular weight excluding hydrogens is 368 g/mol. The summed E-state index contributed by atoms with van der Waals surface area (Å²) >= 11 is 0. The molecule has 8 heteroatoms. The Hall–Kier alpha value is -3.39. The van der Waals surface area contributed by atoms with Crippen LogP contribution in [-0.2, 0) is 0 Å². The van der Waals surface area contributed by atoms with Crippen molar-refractivity contribution in [2.75, 3.05) is 48.8 Å². The van der Waals surface area contributed by atoms with Crippen LogP contribution in [-0.4, -0.2) is 54.2 Å². The Bertz CT molecular complexity index is 977. The van der Waals surface area contributed by atoms with Crippen LogP contribution in [0.5, 0.6) is 0 Å². The van der Waals surface area contributed by atoms with Gasteiger partial charge in [-0.2, -0.15) is 0 Å². The molecule has 0 spiro atoms. The molecule has 1 aromatic carbocycles. The first-order chi connectivity index (χ1) is 14.1. The minimum absolute atomic E-state index is 0.296. The number of nitrogens with one attached hydrogen (secondary N) is 2. The molecular formula is C21H24N6O2. The Morgan fingerprint density at radius 1 is 1.03 bits per heavy atom. The van der Waals surface area contributed by atoms with E-state index >= 15 is 0 Å². The number of piperazine rings is 1. The number of rotatable bonds is 5. The summed E-state index contributed by atoms with van der Waals surface area (Å²) in [5.74, 6) is 0.656. The summed E-state index contributed by atoms with van der Waals surface area (Å²) in [5, 5.41) is 9.76. The van der Waals surface area contributed by atoms with Gasteiger partial charge in [0.2, 0.25) is 0 Å². The monoisotopic (exact) mass is 392 g/mol. The molecule has 150 valence electrons. The van der Waals surface area contributed by atoms with E-state index in [-0.39, 0.29) is 5.91 Å². The van der Waals surface area contributed by atoms with Crippen molar-refractivity contribution in [3.8, 4) is 0 Å². The van der Waals surface area contributed by atoms with Crippen molar-refractivity contribution in [3.63, 3.8) is 0 Å². The standard InChI is InChI=1S/C21H24N6O2/c1-15-13-20(25-29-15)24-21(28)19-14-17(7-8-22-19)23-16-3-5-18(6-4-16)27-11-9-26(2)10-12-27/h3-8,13-14H,9-12H2,1-2H3,(H,22,23)(H,24,25,28). The Kier molecular flexibility index (Phi) is 5.44. The van der Waals surface area contributed by atoms with Gasteiger partial charge < -0.3 is 25.0 Å². The van der Waals surface area contributed by atoms with Crippen LogP contribution in [0.2, 0.25) is 0 Å². The molecule has 0 bridgehead atoms. The number of hydrogen-bond acceptors (Lipinski definition) is 7. The van der Waals surface area contributed by atoms with E-state index in [4.69, 9.17) is 4.52 Å². The zero-order valence-electron chi connectivity index (χ0n) is 16.6. The van der Waals surface area contributed by atoms with Gasteiger partial charge in [-0.05, 0) is 50.4 Å². The zero-order chi connectivity index (χ0) is 20.2. The predicted octanol–water partition coefficient (Wildman–Crippen LogP) is 3.13. The summed E-state index contributed by atoms with van der Waals surface area (Å²) in [4.78, 5) is 21.3. The van der Waals surface area contributed by atoms with E-state index < -0.39 is 0 Å². The summed E-state index contributed by atoms with van der Waals surface area (Å²) in [6.45, 7) is 6.00. The molecule has 3 aromatic rings. The van der Waals surface area contributed by atoms with E-state index in [1.807, 2.05) is 18.2 Å². The summed E-state index contributed by atoms with van der Waals surface area (Å²) < 4.78 is 4.96. The number of hydrogen-bond donors (Lipinski definition) is 2. The second kappa shape index (κ2) is 8.32. The van der Waals surface area contributed by atoms with Gasteiger partial charge in [-0.1, -0.05) is 5.16 Å². The highest BCUT2D eigenvalue weighted by atomic mass is 16.5. The fourth-order valence-corrected chi connectivity index (χ4v) is 3.23. The smallest absolute Gasteiger partial charge is 0.275 e. The predicted molar refractivity (Wildman–Crippen MR) is 113 cm³/mol. The van der Waals surface area contributed by atoms with Crippen LogP contribution < -0.4 is 15.5 Å². The highest BCUT2D eigenvalue weighted by Crippen LogP contribution is 2.22. The first kappa shape index (κ1) is 18.9. The molecule has 0 unspecified atom stereocenters. The Labute approximate surface area is 169 Å². The maximum absolute atomic E-state index is 12.4. The lowest BCUT2D eigenvalue weighted by atomic mass is 10.2. The van der Waals surface area contributed by atoms with Gasteiger partial charge in [-0.25, -0.2) is 0 Å². The molecule has 0 radical (unpaired) electrons. The Balaban J connectivity index is 1.40.